The van der Waals surface area contributed by atoms with E-state index in [1.54, 1.807) is 0 Å². The van der Waals surface area contributed by atoms with Crippen LogP contribution in [0.15, 0.2) is 192 Å². The molecule has 0 amide bonds. The highest BCUT2D eigenvalue weighted by molar-refractivity contribution is 5.95. The summed E-state index contributed by atoms with van der Waals surface area (Å²) in [6.07, 6.45) is 0. The fourth-order valence-corrected chi connectivity index (χ4v) is 8.28. The zero-order valence-electron chi connectivity index (χ0n) is 29.8. The first-order chi connectivity index (χ1) is 26.0. The predicted molar refractivity (Wildman–Crippen MR) is 222 cm³/mol. The highest BCUT2D eigenvalue weighted by Gasteiger charge is 2.40. The van der Waals surface area contributed by atoms with Gasteiger partial charge in [0.05, 0.1) is 0 Å². The van der Waals surface area contributed by atoms with Crippen molar-refractivity contribution in [1.82, 2.24) is 0 Å². The van der Waals surface area contributed by atoms with Crippen LogP contribution in [-0.4, -0.2) is 0 Å². The number of benzene rings is 8. The first kappa shape index (κ1) is 31.1. The molecule has 0 unspecified atom stereocenters. The summed E-state index contributed by atoms with van der Waals surface area (Å²) in [5, 5.41) is 3.67. The van der Waals surface area contributed by atoms with Crippen molar-refractivity contribution in [2.75, 3.05) is 4.90 Å². The molecule has 0 saturated heterocycles. The van der Waals surface area contributed by atoms with Crippen LogP contribution in [0.4, 0.5) is 17.1 Å². The summed E-state index contributed by atoms with van der Waals surface area (Å²) in [4.78, 5) is 2.35. The lowest BCUT2D eigenvalue weighted by atomic mass is 9.80. The van der Waals surface area contributed by atoms with Crippen molar-refractivity contribution in [2.45, 2.75) is 19.3 Å². The predicted octanol–water partition coefficient (Wildman–Crippen LogP) is 14.4. The molecule has 0 spiro atoms. The van der Waals surface area contributed by atoms with Crippen LogP contribution in [0.5, 0.6) is 0 Å². The normalized spacial score (nSPS) is 12.9. The number of nitrogens with zero attached hydrogens (tertiary/aromatic N) is 1. The van der Waals surface area contributed by atoms with Crippen molar-refractivity contribution in [2.24, 2.45) is 0 Å². The van der Waals surface area contributed by atoms with E-state index in [0.29, 0.717) is 0 Å². The van der Waals surface area contributed by atoms with E-state index in [0.717, 1.165) is 28.4 Å². The van der Waals surface area contributed by atoms with Gasteiger partial charge in [-0.05, 0) is 98.2 Å². The van der Waals surface area contributed by atoms with Gasteiger partial charge in [-0.3, -0.25) is 0 Å². The van der Waals surface area contributed by atoms with E-state index in [9.17, 15) is 0 Å². The number of rotatable bonds is 6. The van der Waals surface area contributed by atoms with Crippen molar-refractivity contribution >= 4 is 38.8 Å². The standard InChI is InChI=1S/C51H37NO/c1-51(2)47-33-41(25-31-45(47)50-49(51)46-14-8-9-15-48(46)53-50)39-18-16-36(17-19-39)38-22-28-43(29-23-38)52(44-30-24-35-12-6-7-13-40(35)32-44)42-26-20-37(21-27-42)34-10-4-3-5-11-34/h3-33H,1-2H3. The topological polar surface area (TPSA) is 16.4 Å². The summed E-state index contributed by atoms with van der Waals surface area (Å²) in [5.41, 5.74) is 15.2. The van der Waals surface area contributed by atoms with Crippen LogP contribution in [0.1, 0.15) is 25.0 Å². The molecule has 1 aliphatic carbocycles. The molecule has 10 rings (SSSR count). The van der Waals surface area contributed by atoms with Gasteiger partial charge in [0.25, 0.3) is 0 Å². The Morgan fingerprint density at radius 3 is 1.60 bits per heavy atom. The van der Waals surface area contributed by atoms with Gasteiger partial charge in [0.1, 0.15) is 11.3 Å². The second kappa shape index (κ2) is 12.3. The minimum Gasteiger partial charge on any atom is -0.456 e. The molecule has 53 heavy (non-hydrogen) atoms. The van der Waals surface area contributed by atoms with E-state index in [1.165, 1.54) is 66.2 Å². The van der Waals surface area contributed by atoms with Gasteiger partial charge in [-0.2, -0.15) is 0 Å². The second-order valence-corrected chi connectivity index (χ2v) is 14.6. The Morgan fingerprint density at radius 1 is 0.415 bits per heavy atom. The van der Waals surface area contributed by atoms with Crippen molar-refractivity contribution in [3.8, 4) is 44.7 Å². The van der Waals surface area contributed by atoms with E-state index in [1.807, 2.05) is 6.07 Å². The third kappa shape index (κ3) is 5.26. The van der Waals surface area contributed by atoms with Gasteiger partial charge < -0.3 is 9.32 Å². The summed E-state index contributed by atoms with van der Waals surface area (Å²) in [6, 6.07) is 67.8. The van der Waals surface area contributed by atoms with Crippen LogP contribution in [0.3, 0.4) is 0 Å². The molecular formula is C51H37NO. The van der Waals surface area contributed by atoms with Gasteiger partial charge in [-0.15, -0.1) is 0 Å². The van der Waals surface area contributed by atoms with E-state index in [4.69, 9.17) is 4.42 Å². The summed E-state index contributed by atoms with van der Waals surface area (Å²) in [7, 11) is 0. The highest BCUT2D eigenvalue weighted by atomic mass is 16.3. The Morgan fingerprint density at radius 2 is 0.925 bits per heavy atom. The first-order valence-electron chi connectivity index (χ1n) is 18.3. The molecule has 9 aromatic rings. The Kier molecular flexibility index (Phi) is 7.19. The van der Waals surface area contributed by atoms with E-state index in [2.05, 4.69) is 201 Å². The lowest BCUT2D eigenvalue weighted by Crippen LogP contribution is -2.15. The van der Waals surface area contributed by atoms with Crippen molar-refractivity contribution < 1.29 is 4.42 Å². The molecule has 8 aromatic carbocycles. The van der Waals surface area contributed by atoms with Crippen molar-refractivity contribution in [3.63, 3.8) is 0 Å². The fourth-order valence-electron chi connectivity index (χ4n) is 8.28. The number of hydrogen-bond donors (Lipinski definition) is 0. The monoisotopic (exact) mass is 679 g/mol. The van der Waals surface area contributed by atoms with E-state index < -0.39 is 0 Å². The number of furan rings is 1. The highest BCUT2D eigenvalue weighted by Crippen LogP contribution is 2.53. The molecule has 0 radical (unpaired) electrons. The van der Waals surface area contributed by atoms with Gasteiger partial charge in [-0.1, -0.05) is 153 Å². The summed E-state index contributed by atoms with van der Waals surface area (Å²) in [5.74, 6) is 1.01. The molecule has 0 saturated carbocycles. The summed E-state index contributed by atoms with van der Waals surface area (Å²) < 4.78 is 6.39. The molecule has 0 fully saturated rings. The number of anilines is 3. The molecule has 2 heteroatoms. The average Bonchev–Trinajstić information content (AvgIpc) is 3.71. The van der Waals surface area contributed by atoms with Crippen LogP contribution < -0.4 is 4.90 Å². The van der Waals surface area contributed by atoms with Crippen LogP contribution in [-0.2, 0) is 5.41 Å². The zero-order chi connectivity index (χ0) is 35.5. The van der Waals surface area contributed by atoms with Gasteiger partial charge in [0.15, 0.2) is 0 Å². The molecule has 0 N–H and O–H groups in total. The zero-order valence-corrected chi connectivity index (χ0v) is 29.8. The summed E-state index contributed by atoms with van der Waals surface area (Å²) >= 11 is 0. The van der Waals surface area contributed by atoms with E-state index >= 15 is 0 Å². The SMILES string of the molecule is CC1(C)c2cc(-c3ccc(-c4ccc(N(c5ccc(-c6ccccc6)cc5)c5ccc6ccccc6c5)cc4)cc3)ccc2-c2oc3ccccc3c21. The lowest BCUT2D eigenvalue weighted by molar-refractivity contribution is 0.619. The molecule has 1 aliphatic rings. The minimum absolute atomic E-state index is 0.139. The minimum atomic E-state index is -0.139. The third-order valence-corrected chi connectivity index (χ3v) is 11.1. The molecule has 252 valence electrons. The number of para-hydroxylation sites is 1. The molecule has 0 atom stereocenters. The van der Waals surface area contributed by atoms with E-state index in [-0.39, 0.29) is 5.41 Å². The number of fused-ring (bicyclic) bond motifs is 6. The molecule has 1 heterocycles. The summed E-state index contributed by atoms with van der Waals surface area (Å²) in [6.45, 7) is 4.63. The fraction of sp³-hybridized carbons (Fsp3) is 0.0588. The maximum absolute atomic E-state index is 6.39. The van der Waals surface area contributed by atoms with Gasteiger partial charge >= 0.3 is 0 Å². The smallest absolute Gasteiger partial charge is 0.139 e. The Bertz CT molecular complexity index is 2770. The Labute approximate surface area is 310 Å². The first-order valence-corrected chi connectivity index (χ1v) is 18.3. The number of hydrogen-bond acceptors (Lipinski definition) is 2. The van der Waals surface area contributed by atoms with Gasteiger partial charge in [0.2, 0.25) is 0 Å². The van der Waals surface area contributed by atoms with Crippen molar-refractivity contribution in [1.29, 1.82) is 0 Å². The third-order valence-electron chi connectivity index (χ3n) is 11.1. The van der Waals surface area contributed by atoms with Crippen LogP contribution in [0.25, 0.3) is 66.4 Å². The van der Waals surface area contributed by atoms with Crippen LogP contribution in [0, 0.1) is 0 Å². The molecule has 2 nitrogen and oxygen atoms in total. The molecule has 0 aliphatic heterocycles. The van der Waals surface area contributed by atoms with Crippen LogP contribution in [0.2, 0.25) is 0 Å². The lowest BCUT2D eigenvalue weighted by Gasteiger charge is -2.26. The maximum atomic E-state index is 6.39. The van der Waals surface area contributed by atoms with Crippen LogP contribution >= 0.6 is 0 Å². The molecule has 1 aromatic heterocycles. The van der Waals surface area contributed by atoms with Gasteiger partial charge in [0, 0.05) is 39.0 Å². The van der Waals surface area contributed by atoms with Crippen molar-refractivity contribution in [3.05, 3.63) is 199 Å². The Hall–Kier alpha value is -6.64. The molecule has 0 bridgehead atoms. The Balaban J connectivity index is 0.957. The molecular weight excluding hydrogens is 643 g/mol. The second-order valence-electron chi connectivity index (χ2n) is 14.6. The average molecular weight is 680 g/mol. The maximum Gasteiger partial charge on any atom is 0.139 e. The quantitative estimate of drug-likeness (QED) is 0.174. The largest absolute Gasteiger partial charge is 0.456 e. The van der Waals surface area contributed by atoms with Gasteiger partial charge in [-0.25, -0.2) is 0 Å².